The van der Waals surface area contributed by atoms with Gasteiger partial charge < -0.3 is 15.8 Å². The topological polar surface area (TPSA) is 62.0 Å². The molecule has 0 aliphatic carbocycles. The van der Waals surface area contributed by atoms with Crippen molar-refractivity contribution in [3.63, 3.8) is 0 Å². The molecule has 1 atom stereocenters. The molecule has 15 heavy (non-hydrogen) atoms. The van der Waals surface area contributed by atoms with Gasteiger partial charge in [0.15, 0.2) is 0 Å². The molecule has 80 valence electrons. The van der Waals surface area contributed by atoms with Gasteiger partial charge in [0.25, 0.3) is 0 Å². The number of H-pyrrole nitrogens is 1. The summed E-state index contributed by atoms with van der Waals surface area (Å²) < 4.78 is 0. The normalized spacial score (nSPS) is 13.3. The first-order valence-corrected chi connectivity index (χ1v) is 5.13. The second-order valence-corrected chi connectivity index (χ2v) is 4.01. The Balaban J connectivity index is 2.36. The summed E-state index contributed by atoms with van der Waals surface area (Å²) in [6, 6.07) is 6.12. The van der Waals surface area contributed by atoms with Crippen molar-refractivity contribution in [1.82, 2.24) is 4.98 Å². The molecule has 0 aliphatic rings. The van der Waals surface area contributed by atoms with Crippen LogP contribution in [-0.4, -0.2) is 22.7 Å². The minimum atomic E-state index is -0.176. The zero-order chi connectivity index (χ0) is 10.8. The van der Waals surface area contributed by atoms with Crippen molar-refractivity contribution in [1.29, 1.82) is 0 Å². The average Bonchev–Trinajstić information content (AvgIpc) is 2.60. The first-order chi connectivity index (χ1) is 7.20. The number of aryl methyl sites for hydroxylation is 1. The van der Waals surface area contributed by atoms with Gasteiger partial charge >= 0.3 is 0 Å². The van der Waals surface area contributed by atoms with E-state index in [1.54, 1.807) is 0 Å². The van der Waals surface area contributed by atoms with E-state index in [1.165, 1.54) is 16.5 Å². The van der Waals surface area contributed by atoms with Gasteiger partial charge in [0.1, 0.15) is 0 Å². The molecule has 0 bridgehead atoms. The van der Waals surface area contributed by atoms with Crippen molar-refractivity contribution in [3.8, 4) is 0 Å². The van der Waals surface area contributed by atoms with Crippen molar-refractivity contribution < 1.29 is 5.11 Å². The lowest BCUT2D eigenvalue weighted by atomic mass is 10.1. The van der Waals surface area contributed by atoms with Crippen LogP contribution in [0.15, 0.2) is 24.4 Å². The van der Waals surface area contributed by atoms with Crippen LogP contribution in [0.3, 0.4) is 0 Å². The molecule has 3 nitrogen and oxygen atoms in total. The van der Waals surface area contributed by atoms with E-state index in [1.807, 2.05) is 6.20 Å². The first kappa shape index (κ1) is 10.2. The molecule has 1 unspecified atom stereocenters. The van der Waals surface area contributed by atoms with Crippen molar-refractivity contribution in [3.05, 3.63) is 35.5 Å². The Morgan fingerprint density at radius 3 is 3.00 bits per heavy atom. The lowest BCUT2D eigenvalue weighted by Crippen LogP contribution is -2.26. The summed E-state index contributed by atoms with van der Waals surface area (Å²) in [6.07, 6.45) is 2.68. The summed E-state index contributed by atoms with van der Waals surface area (Å²) >= 11 is 0. The Morgan fingerprint density at radius 1 is 1.47 bits per heavy atom. The number of benzene rings is 1. The minimum absolute atomic E-state index is 0.0263. The maximum absolute atomic E-state index is 8.91. The molecule has 4 N–H and O–H groups in total. The molecular formula is C12H16N2O. The van der Waals surface area contributed by atoms with E-state index in [-0.39, 0.29) is 12.6 Å². The lowest BCUT2D eigenvalue weighted by molar-refractivity contribution is 0.265. The minimum Gasteiger partial charge on any atom is -0.395 e. The summed E-state index contributed by atoms with van der Waals surface area (Å²) in [5.41, 5.74) is 9.27. The van der Waals surface area contributed by atoms with Crippen LogP contribution in [0.1, 0.15) is 11.1 Å². The number of aliphatic hydroxyl groups is 1. The van der Waals surface area contributed by atoms with E-state index in [0.29, 0.717) is 6.42 Å². The molecule has 0 saturated heterocycles. The fourth-order valence-corrected chi connectivity index (χ4v) is 1.82. The number of hydrogen-bond donors (Lipinski definition) is 3. The second-order valence-electron chi connectivity index (χ2n) is 4.01. The van der Waals surface area contributed by atoms with Gasteiger partial charge in [0.2, 0.25) is 0 Å². The Kier molecular flexibility index (Phi) is 2.75. The third-order valence-electron chi connectivity index (χ3n) is 2.64. The molecule has 0 radical (unpaired) electrons. The molecule has 0 fully saturated rings. The van der Waals surface area contributed by atoms with Crippen molar-refractivity contribution in [2.24, 2.45) is 5.73 Å². The van der Waals surface area contributed by atoms with Gasteiger partial charge in [-0.3, -0.25) is 0 Å². The quantitative estimate of drug-likeness (QED) is 0.706. The highest BCUT2D eigenvalue weighted by Gasteiger charge is 2.07. The number of aliphatic hydroxyl groups excluding tert-OH is 1. The zero-order valence-electron chi connectivity index (χ0n) is 8.83. The number of rotatable bonds is 3. The fraction of sp³-hybridized carbons (Fsp3) is 0.333. The average molecular weight is 204 g/mol. The molecular weight excluding hydrogens is 188 g/mol. The van der Waals surface area contributed by atoms with Gasteiger partial charge in [0.05, 0.1) is 6.61 Å². The summed E-state index contributed by atoms with van der Waals surface area (Å²) in [5, 5.41) is 10.1. The summed E-state index contributed by atoms with van der Waals surface area (Å²) in [5.74, 6) is 0. The number of hydrogen-bond acceptors (Lipinski definition) is 2. The summed E-state index contributed by atoms with van der Waals surface area (Å²) in [4.78, 5) is 3.22. The summed E-state index contributed by atoms with van der Waals surface area (Å²) in [7, 11) is 0. The van der Waals surface area contributed by atoms with Gasteiger partial charge in [0, 0.05) is 23.1 Å². The number of nitrogens with two attached hydrogens (primary N) is 1. The van der Waals surface area contributed by atoms with Crippen LogP contribution in [0.2, 0.25) is 0 Å². The highest BCUT2D eigenvalue weighted by Crippen LogP contribution is 2.20. The van der Waals surface area contributed by atoms with Gasteiger partial charge in [-0.1, -0.05) is 12.1 Å². The van der Waals surface area contributed by atoms with Crippen LogP contribution in [0.5, 0.6) is 0 Å². The van der Waals surface area contributed by atoms with Gasteiger partial charge in [-0.15, -0.1) is 0 Å². The highest BCUT2D eigenvalue weighted by atomic mass is 16.3. The number of nitrogens with one attached hydrogen (secondary N) is 1. The molecule has 0 amide bonds. The zero-order valence-corrected chi connectivity index (χ0v) is 8.83. The van der Waals surface area contributed by atoms with Crippen LogP contribution in [0, 0.1) is 6.92 Å². The molecule has 2 rings (SSSR count). The van der Waals surface area contributed by atoms with E-state index in [0.717, 1.165) is 5.52 Å². The molecule has 0 saturated carbocycles. The van der Waals surface area contributed by atoms with E-state index in [9.17, 15) is 0 Å². The van der Waals surface area contributed by atoms with Crippen LogP contribution in [0.25, 0.3) is 10.9 Å². The monoisotopic (exact) mass is 204 g/mol. The van der Waals surface area contributed by atoms with E-state index < -0.39 is 0 Å². The van der Waals surface area contributed by atoms with Gasteiger partial charge in [-0.05, 0) is 30.5 Å². The maximum atomic E-state index is 8.91. The van der Waals surface area contributed by atoms with E-state index >= 15 is 0 Å². The van der Waals surface area contributed by atoms with Crippen molar-refractivity contribution in [2.45, 2.75) is 19.4 Å². The molecule has 1 heterocycles. The first-order valence-electron chi connectivity index (χ1n) is 5.13. The Morgan fingerprint density at radius 2 is 2.27 bits per heavy atom. The smallest absolute Gasteiger partial charge is 0.0585 e. The van der Waals surface area contributed by atoms with Gasteiger partial charge in [-0.25, -0.2) is 0 Å². The SMILES string of the molecule is Cc1ccc2c(CC(N)CO)c[nH]c2c1. The van der Waals surface area contributed by atoms with Crippen molar-refractivity contribution >= 4 is 10.9 Å². The molecule has 0 aliphatic heterocycles. The van der Waals surface area contributed by atoms with Crippen LogP contribution >= 0.6 is 0 Å². The van der Waals surface area contributed by atoms with Crippen LogP contribution < -0.4 is 5.73 Å². The van der Waals surface area contributed by atoms with Gasteiger partial charge in [-0.2, -0.15) is 0 Å². The standard InChI is InChI=1S/C12H16N2O/c1-8-2-3-11-9(5-10(13)7-15)6-14-12(11)4-8/h2-4,6,10,14-15H,5,7,13H2,1H3. The predicted octanol–water partition coefficient (Wildman–Crippen LogP) is 1.34. The van der Waals surface area contributed by atoms with Crippen molar-refractivity contribution in [2.75, 3.05) is 6.61 Å². The second kappa shape index (κ2) is 4.04. The lowest BCUT2D eigenvalue weighted by Gasteiger charge is -2.06. The molecule has 0 spiro atoms. The van der Waals surface area contributed by atoms with Crippen LogP contribution in [-0.2, 0) is 6.42 Å². The van der Waals surface area contributed by atoms with Crippen LogP contribution in [0.4, 0.5) is 0 Å². The number of fused-ring (bicyclic) bond motifs is 1. The fourth-order valence-electron chi connectivity index (χ4n) is 1.82. The maximum Gasteiger partial charge on any atom is 0.0585 e. The number of aromatic amines is 1. The summed E-state index contributed by atoms with van der Waals surface area (Å²) in [6.45, 7) is 2.10. The number of aromatic nitrogens is 1. The highest BCUT2D eigenvalue weighted by molar-refractivity contribution is 5.83. The molecule has 2 aromatic rings. The predicted molar refractivity (Wildman–Crippen MR) is 61.8 cm³/mol. The van der Waals surface area contributed by atoms with E-state index in [2.05, 4.69) is 30.1 Å². The largest absolute Gasteiger partial charge is 0.395 e. The Hall–Kier alpha value is -1.32. The third kappa shape index (κ3) is 2.03. The third-order valence-corrected chi connectivity index (χ3v) is 2.64. The Labute approximate surface area is 88.9 Å². The molecule has 1 aromatic carbocycles. The Bertz CT molecular complexity index is 462. The molecule has 1 aromatic heterocycles. The molecule has 3 heteroatoms. The van der Waals surface area contributed by atoms with E-state index in [4.69, 9.17) is 10.8 Å².